The van der Waals surface area contributed by atoms with Crippen LogP contribution in [0, 0.1) is 12.8 Å². The summed E-state index contributed by atoms with van der Waals surface area (Å²) in [5, 5.41) is 2.24. The highest BCUT2D eigenvalue weighted by Gasteiger charge is 2.24. The molecule has 1 saturated heterocycles. The fourth-order valence-corrected chi connectivity index (χ4v) is 2.83. The molecule has 0 N–H and O–H groups in total. The first-order chi connectivity index (χ1) is 9.27. The first-order valence-electron chi connectivity index (χ1n) is 6.87. The molecule has 2 aromatic carbocycles. The smallest absolute Gasteiger partial charge is 0.168 e. The van der Waals surface area contributed by atoms with Crippen LogP contribution in [0.1, 0.15) is 28.8 Å². The average Bonchev–Trinajstić information content (AvgIpc) is 2.48. The molecular formula is C17H18O2. The Kier molecular flexibility index (Phi) is 3.34. The van der Waals surface area contributed by atoms with E-state index >= 15 is 0 Å². The van der Waals surface area contributed by atoms with Gasteiger partial charge in [-0.2, -0.15) is 0 Å². The van der Waals surface area contributed by atoms with Crippen LogP contribution in [0.15, 0.2) is 36.4 Å². The number of fused-ring (bicyclic) bond motifs is 1. The Morgan fingerprint density at radius 1 is 1.16 bits per heavy atom. The minimum atomic E-state index is 0.0277. The van der Waals surface area contributed by atoms with Crippen molar-refractivity contribution in [3.63, 3.8) is 0 Å². The summed E-state index contributed by atoms with van der Waals surface area (Å²) in [5.41, 5.74) is 2.06. The van der Waals surface area contributed by atoms with Gasteiger partial charge in [-0.1, -0.05) is 36.4 Å². The van der Waals surface area contributed by atoms with E-state index < -0.39 is 0 Å². The summed E-state index contributed by atoms with van der Waals surface area (Å²) < 4.78 is 5.44. The van der Waals surface area contributed by atoms with Crippen LogP contribution in [-0.4, -0.2) is 19.0 Å². The van der Waals surface area contributed by atoms with Gasteiger partial charge in [-0.15, -0.1) is 0 Å². The molecule has 98 valence electrons. The Labute approximate surface area is 113 Å². The molecule has 0 amide bonds. The van der Waals surface area contributed by atoms with Crippen molar-refractivity contribution in [2.75, 3.05) is 13.2 Å². The lowest BCUT2D eigenvalue weighted by Gasteiger charge is -2.21. The van der Waals surface area contributed by atoms with Gasteiger partial charge in [0.25, 0.3) is 0 Å². The van der Waals surface area contributed by atoms with Crippen LogP contribution >= 0.6 is 0 Å². The summed E-state index contributed by atoms with van der Waals surface area (Å²) in [6.07, 6.45) is 1.93. The molecule has 0 radical (unpaired) electrons. The van der Waals surface area contributed by atoms with Gasteiger partial charge in [0.1, 0.15) is 0 Å². The average molecular weight is 254 g/mol. The molecule has 0 spiro atoms. The third kappa shape index (κ3) is 2.28. The van der Waals surface area contributed by atoms with Gasteiger partial charge in [0.05, 0.1) is 6.61 Å². The highest BCUT2D eigenvalue weighted by molar-refractivity contribution is 6.09. The molecule has 0 bridgehead atoms. The molecule has 1 aliphatic rings. The number of hydrogen-bond acceptors (Lipinski definition) is 2. The zero-order chi connectivity index (χ0) is 13.2. The third-order valence-electron chi connectivity index (χ3n) is 3.94. The highest BCUT2D eigenvalue weighted by Crippen LogP contribution is 2.26. The van der Waals surface area contributed by atoms with E-state index in [1.807, 2.05) is 30.3 Å². The summed E-state index contributed by atoms with van der Waals surface area (Å²) in [7, 11) is 0. The van der Waals surface area contributed by atoms with Crippen molar-refractivity contribution in [3.8, 4) is 0 Å². The molecule has 1 aliphatic heterocycles. The van der Waals surface area contributed by atoms with Crippen molar-refractivity contribution in [2.45, 2.75) is 19.8 Å². The number of hydrogen-bond donors (Lipinski definition) is 0. The summed E-state index contributed by atoms with van der Waals surface area (Å²) in [6, 6.07) is 12.1. The number of Topliss-reactive ketones (excluding diaryl/α,β-unsaturated/α-hetero) is 1. The number of carbonyl (C=O) groups is 1. The SMILES string of the molecule is Cc1ccc(C(=O)C2CCCOC2)c2ccccc12. The molecule has 1 fully saturated rings. The van der Waals surface area contributed by atoms with Gasteiger partial charge in [-0.05, 0) is 36.1 Å². The van der Waals surface area contributed by atoms with E-state index in [4.69, 9.17) is 4.74 Å². The van der Waals surface area contributed by atoms with Gasteiger partial charge in [0.15, 0.2) is 5.78 Å². The molecule has 2 aromatic rings. The van der Waals surface area contributed by atoms with Crippen molar-refractivity contribution < 1.29 is 9.53 Å². The van der Waals surface area contributed by atoms with E-state index in [0.29, 0.717) is 6.61 Å². The molecule has 3 rings (SSSR count). The number of benzene rings is 2. The molecule has 1 atom stereocenters. The molecule has 1 unspecified atom stereocenters. The number of ether oxygens (including phenoxy) is 1. The van der Waals surface area contributed by atoms with E-state index in [-0.39, 0.29) is 11.7 Å². The Morgan fingerprint density at radius 2 is 1.95 bits per heavy atom. The molecular weight excluding hydrogens is 236 g/mol. The topological polar surface area (TPSA) is 26.3 Å². The maximum absolute atomic E-state index is 12.6. The zero-order valence-electron chi connectivity index (χ0n) is 11.2. The number of carbonyl (C=O) groups excluding carboxylic acids is 1. The predicted octanol–water partition coefficient (Wildman–Crippen LogP) is 3.76. The van der Waals surface area contributed by atoms with Gasteiger partial charge in [0, 0.05) is 18.1 Å². The maximum atomic E-state index is 12.6. The van der Waals surface area contributed by atoms with E-state index in [1.165, 1.54) is 10.9 Å². The second-order valence-corrected chi connectivity index (χ2v) is 5.25. The van der Waals surface area contributed by atoms with Crippen molar-refractivity contribution in [3.05, 3.63) is 47.5 Å². The molecule has 2 heteroatoms. The number of ketones is 1. The third-order valence-corrected chi connectivity index (χ3v) is 3.94. The Morgan fingerprint density at radius 3 is 2.68 bits per heavy atom. The minimum Gasteiger partial charge on any atom is -0.381 e. The molecule has 0 aromatic heterocycles. The minimum absolute atomic E-state index is 0.0277. The summed E-state index contributed by atoms with van der Waals surface area (Å²) in [5.74, 6) is 0.260. The fourth-order valence-electron chi connectivity index (χ4n) is 2.83. The van der Waals surface area contributed by atoms with Crippen LogP contribution < -0.4 is 0 Å². The van der Waals surface area contributed by atoms with Crippen LogP contribution in [0.4, 0.5) is 0 Å². The van der Waals surface area contributed by atoms with Gasteiger partial charge >= 0.3 is 0 Å². The molecule has 1 heterocycles. The van der Waals surface area contributed by atoms with Gasteiger partial charge in [-0.25, -0.2) is 0 Å². The van der Waals surface area contributed by atoms with E-state index in [2.05, 4.69) is 13.0 Å². The quantitative estimate of drug-likeness (QED) is 0.763. The monoisotopic (exact) mass is 254 g/mol. The maximum Gasteiger partial charge on any atom is 0.168 e. The molecule has 0 saturated carbocycles. The summed E-state index contributed by atoms with van der Waals surface area (Å²) >= 11 is 0. The fraction of sp³-hybridized carbons (Fsp3) is 0.353. The van der Waals surface area contributed by atoms with E-state index in [9.17, 15) is 4.79 Å². The van der Waals surface area contributed by atoms with Crippen LogP contribution in [0.2, 0.25) is 0 Å². The largest absolute Gasteiger partial charge is 0.381 e. The van der Waals surface area contributed by atoms with Crippen molar-refractivity contribution in [2.24, 2.45) is 5.92 Å². The van der Waals surface area contributed by atoms with Crippen molar-refractivity contribution >= 4 is 16.6 Å². The van der Waals surface area contributed by atoms with E-state index in [0.717, 1.165) is 30.4 Å². The van der Waals surface area contributed by atoms with Gasteiger partial charge in [-0.3, -0.25) is 4.79 Å². The molecule has 19 heavy (non-hydrogen) atoms. The normalized spacial score (nSPS) is 19.5. The second kappa shape index (κ2) is 5.14. The van der Waals surface area contributed by atoms with Gasteiger partial charge < -0.3 is 4.74 Å². The van der Waals surface area contributed by atoms with Crippen LogP contribution in [0.25, 0.3) is 10.8 Å². The standard InChI is InChI=1S/C17H18O2/c1-12-8-9-16(15-7-3-2-6-14(12)15)17(18)13-5-4-10-19-11-13/h2-3,6-9,13H,4-5,10-11H2,1H3. The van der Waals surface area contributed by atoms with E-state index in [1.54, 1.807) is 0 Å². The Hall–Kier alpha value is -1.67. The Balaban J connectivity index is 2.05. The predicted molar refractivity (Wildman–Crippen MR) is 76.6 cm³/mol. The lowest BCUT2D eigenvalue weighted by atomic mass is 9.89. The number of rotatable bonds is 2. The summed E-state index contributed by atoms with van der Waals surface area (Å²) in [6.45, 7) is 3.44. The highest BCUT2D eigenvalue weighted by atomic mass is 16.5. The van der Waals surface area contributed by atoms with Crippen molar-refractivity contribution in [1.29, 1.82) is 0 Å². The molecule has 2 nitrogen and oxygen atoms in total. The second-order valence-electron chi connectivity index (χ2n) is 5.25. The lowest BCUT2D eigenvalue weighted by Crippen LogP contribution is -2.25. The molecule has 0 aliphatic carbocycles. The van der Waals surface area contributed by atoms with Crippen molar-refractivity contribution in [1.82, 2.24) is 0 Å². The summed E-state index contributed by atoms with van der Waals surface area (Å²) in [4.78, 5) is 12.6. The lowest BCUT2D eigenvalue weighted by molar-refractivity contribution is 0.0462. The van der Waals surface area contributed by atoms with Crippen LogP contribution in [-0.2, 0) is 4.74 Å². The van der Waals surface area contributed by atoms with Crippen LogP contribution in [0.3, 0.4) is 0 Å². The van der Waals surface area contributed by atoms with Crippen LogP contribution in [0.5, 0.6) is 0 Å². The Bertz CT molecular complexity index is 610. The number of aryl methyl sites for hydroxylation is 1. The zero-order valence-corrected chi connectivity index (χ0v) is 11.2. The first kappa shape index (κ1) is 12.4. The van der Waals surface area contributed by atoms with Gasteiger partial charge in [0.2, 0.25) is 0 Å². The first-order valence-corrected chi connectivity index (χ1v) is 6.87.